The van der Waals surface area contributed by atoms with Crippen LogP contribution in [0.5, 0.6) is 0 Å². The van der Waals surface area contributed by atoms with Gasteiger partial charge in [-0.25, -0.2) is 0 Å². The van der Waals surface area contributed by atoms with Crippen molar-refractivity contribution in [2.24, 2.45) is 0 Å². The van der Waals surface area contributed by atoms with Crippen molar-refractivity contribution in [3.05, 3.63) is 22.9 Å². The van der Waals surface area contributed by atoms with Crippen molar-refractivity contribution in [1.82, 2.24) is 0 Å². The third-order valence-electron chi connectivity index (χ3n) is 0.425. The Kier molecular flexibility index (Phi) is 4.79. The Labute approximate surface area is 71.2 Å². The molecule has 1 aromatic heterocycles. The van der Waals surface area contributed by atoms with Crippen molar-refractivity contribution in [3.8, 4) is 0 Å². The van der Waals surface area contributed by atoms with Gasteiger partial charge in [0.2, 0.25) is 0 Å². The molecule has 0 aliphatic heterocycles. The standard InChI is InChI=1S/C4H4S.Ca.2H/c1-2-4-5-3-1;;;/h1-4H;;;. The molecule has 1 heterocycles. The van der Waals surface area contributed by atoms with E-state index in [2.05, 4.69) is 0 Å². The zero-order chi connectivity index (χ0) is 3.54. The number of hydrogen-bond donors (Lipinski definition) is 0. The smallest absolute Gasteiger partial charge is 0.00934 e. The van der Waals surface area contributed by atoms with E-state index in [0.29, 0.717) is 0 Å². The molecule has 0 radical (unpaired) electrons. The van der Waals surface area contributed by atoms with Gasteiger partial charge in [-0.05, 0) is 10.8 Å². The second kappa shape index (κ2) is 4.13. The average Bonchev–Trinajstić information content (AvgIpc) is 1.76. The van der Waals surface area contributed by atoms with Crippen LogP contribution < -0.4 is 0 Å². The van der Waals surface area contributed by atoms with Gasteiger partial charge >= 0.3 is 37.7 Å². The molecule has 0 unspecified atom stereocenters. The van der Waals surface area contributed by atoms with E-state index in [4.69, 9.17) is 0 Å². The fraction of sp³-hybridized carbons (Fsp3) is 0. The molecular formula is C4H6CaS. The molecule has 0 saturated carbocycles. The Morgan fingerprint density at radius 2 is 1.50 bits per heavy atom. The van der Waals surface area contributed by atoms with Gasteiger partial charge in [-0.2, -0.15) is 11.3 Å². The quantitative estimate of drug-likeness (QED) is 0.452. The Morgan fingerprint density at radius 3 is 1.67 bits per heavy atom. The predicted molar refractivity (Wildman–Crippen MR) is 32.9 cm³/mol. The van der Waals surface area contributed by atoms with Gasteiger partial charge in [0.1, 0.15) is 0 Å². The summed E-state index contributed by atoms with van der Waals surface area (Å²) in [6.07, 6.45) is 0. The van der Waals surface area contributed by atoms with Crippen molar-refractivity contribution in [1.29, 1.82) is 0 Å². The van der Waals surface area contributed by atoms with E-state index >= 15 is 0 Å². The zero-order valence-corrected chi connectivity index (χ0v) is 3.53. The van der Waals surface area contributed by atoms with Crippen LogP contribution in [0.4, 0.5) is 0 Å². The molecule has 0 aromatic carbocycles. The summed E-state index contributed by atoms with van der Waals surface area (Å²) in [5.41, 5.74) is 0. The summed E-state index contributed by atoms with van der Waals surface area (Å²) in [5, 5.41) is 4.08. The molecular weight excluding hydrogens is 120 g/mol. The van der Waals surface area contributed by atoms with Crippen LogP contribution in [-0.2, 0) is 0 Å². The third kappa shape index (κ3) is 2.19. The van der Waals surface area contributed by atoms with Gasteiger partial charge in [-0.1, -0.05) is 12.1 Å². The average molecular weight is 126 g/mol. The first-order chi connectivity index (χ1) is 2.50. The summed E-state index contributed by atoms with van der Waals surface area (Å²) < 4.78 is 0. The van der Waals surface area contributed by atoms with Crippen LogP contribution in [0.2, 0.25) is 0 Å². The minimum Gasteiger partial charge on any atom is -0.152 e. The Morgan fingerprint density at radius 1 is 1.00 bits per heavy atom. The molecule has 0 atom stereocenters. The van der Waals surface area contributed by atoms with Gasteiger partial charge in [0, 0.05) is 0 Å². The molecule has 1 rings (SSSR count). The van der Waals surface area contributed by atoms with E-state index in [1.54, 1.807) is 11.3 Å². The molecule has 2 heteroatoms. The van der Waals surface area contributed by atoms with Crippen molar-refractivity contribution in [3.63, 3.8) is 0 Å². The van der Waals surface area contributed by atoms with Crippen LogP contribution in [-0.4, -0.2) is 37.7 Å². The monoisotopic (exact) mass is 126 g/mol. The van der Waals surface area contributed by atoms with Crippen LogP contribution in [0.1, 0.15) is 0 Å². The molecule has 0 amide bonds. The van der Waals surface area contributed by atoms with Crippen LogP contribution >= 0.6 is 11.3 Å². The Balaban J connectivity index is 0.000000250. The minimum absolute atomic E-state index is 0. The van der Waals surface area contributed by atoms with Crippen LogP contribution in [0.25, 0.3) is 0 Å². The first kappa shape index (κ1) is 6.96. The van der Waals surface area contributed by atoms with Crippen molar-refractivity contribution >= 4 is 49.1 Å². The minimum atomic E-state index is 0. The first-order valence-corrected chi connectivity index (χ1v) is 2.41. The van der Waals surface area contributed by atoms with E-state index in [1.807, 2.05) is 22.9 Å². The fourth-order valence-electron chi connectivity index (χ4n) is 0.227. The summed E-state index contributed by atoms with van der Waals surface area (Å²) >= 11 is 1.71. The molecule has 0 aliphatic rings. The Bertz CT molecular complexity index is 64.0. The maximum absolute atomic E-state index is 2.04. The molecule has 0 saturated heterocycles. The van der Waals surface area contributed by atoms with Gasteiger partial charge in [-0.15, -0.1) is 0 Å². The van der Waals surface area contributed by atoms with Gasteiger partial charge < -0.3 is 0 Å². The maximum atomic E-state index is 2.04. The summed E-state index contributed by atoms with van der Waals surface area (Å²) in [6, 6.07) is 4.04. The topological polar surface area (TPSA) is 0 Å². The second-order valence-electron chi connectivity index (χ2n) is 0.793. The number of hydrogen-bond acceptors (Lipinski definition) is 1. The number of rotatable bonds is 0. The molecule has 30 valence electrons. The summed E-state index contributed by atoms with van der Waals surface area (Å²) in [5.74, 6) is 0. The van der Waals surface area contributed by atoms with Gasteiger partial charge in [0.15, 0.2) is 0 Å². The van der Waals surface area contributed by atoms with Gasteiger partial charge in [-0.3, -0.25) is 0 Å². The van der Waals surface area contributed by atoms with Crippen LogP contribution in [0.3, 0.4) is 0 Å². The molecule has 0 bridgehead atoms. The fourth-order valence-corrected chi connectivity index (χ4v) is 0.680. The maximum Gasteiger partial charge on any atom is -0.00934 e. The Hall–Kier alpha value is 0.960. The van der Waals surface area contributed by atoms with Crippen molar-refractivity contribution < 1.29 is 0 Å². The first-order valence-electron chi connectivity index (χ1n) is 1.47. The summed E-state index contributed by atoms with van der Waals surface area (Å²) in [4.78, 5) is 0. The normalized spacial score (nSPS) is 6.67. The van der Waals surface area contributed by atoms with Gasteiger partial charge in [0.05, 0.1) is 0 Å². The zero-order valence-electron chi connectivity index (χ0n) is 2.72. The van der Waals surface area contributed by atoms with Crippen molar-refractivity contribution in [2.75, 3.05) is 0 Å². The largest absolute Gasteiger partial charge is 0.152 e. The SMILES string of the molecule is [CaH2].c1ccsc1. The molecule has 6 heavy (non-hydrogen) atoms. The van der Waals surface area contributed by atoms with Crippen molar-refractivity contribution in [2.45, 2.75) is 0 Å². The van der Waals surface area contributed by atoms with E-state index in [1.165, 1.54) is 0 Å². The molecule has 0 aliphatic carbocycles. The predicted octanol–water partition coefficient (Wildman–Crippen LogP) is 0.832. The molecule has 1 aromatic rings. The summed E-state index contributed by atoms with van der Waals surface area (Å²) in [6.45, 7) is 0. The second-order valence-corrected chi connectivity index (χ2v) is 1.61. The molecule has 0 nitrogen and oxygen atoms in total. The number of thiophene rings is 1. The molecule has 0 fully saturated rings. The van der Waals surface area contributed by atoms with E-state index < -0.39 is 0 Å². The van der Waals surface area contributed by atoms with E-state index in [-0.39, 0.29) is 37.7 Å². The van der Waals surface area contributed by atoms with Crippen LogP contribution in [0, 0.1) is 0 Å². The van der Waals surface area contributed by atoms with Crippen LogP contribution in [0.15, 0.2) is 22.9 Å². The molecule has 0 spiro atoms. The third-order valence-corrected chi connectivity index (χ3v) is 1.05. The summed E-state index contributed by atoms with van der Waals surface area (Å²) in [7, 11) is 0. The van der Waals surface area contributed by atoms with Gasteiger partial charge in [0.25, 0.3) is 0 Å². The van der Waals surface area contributed by atoms with E-state index in [0.717, 1.165) is 0 Å². The molecule has 0 N–H and O–H groups in total. The van der Waals surface area contributed by atoms with E-state index in [9.17, 15) is 0 Å².